The predicted octanol–water partition coefficient (Wildman–Crippen LogP) is 2.75. The number of nitrogens with one attached hydrogen (secondary N) is 2. The van der Waals surface area contributed by atoms with Crippen LogP contribution in [-0.2, 0) is 6.42 Å². The van der Waals surface area contributed by atoms with Gasteiger partial charge in [0.25, 0.3) is 0 Å². The first kappa shape index (κ1) is 21.2. The van der Waals surface area contributed by atoms with Crippen molar-refractivity contribution in [2.45, 2.75) is 46.1 Å². The van der Waals surface area contributed by atoms with E-state index in [1.54, 1.807) is 12.1 Å². The molecule has 150 valence electrons. The molecule has 1 unspecified atom stereocenters. The molecule has 0 bridgehead atoms. The Kier molecular flexibility index (Phi) is 7.81. The molecular weight excluding hydrogens is 357 g/mol. The van der Waals surface area contributed by atoms with Crippen molar-refractivity contribution < 1.29 is 4.39 Å². The lowest BCUT2D eigenvalue weighted by Gasteiger charge is -2.16. The summed E-state index contributed by atoms with van der Waals surface area (Å²) < 4.78 is 14.6. The van der Waals surface area contributed by atoms with Crippen LogP contribution in [0.1, 0.15) is 44.9 Å². The van der Waals surface area contributed by atoms with E-state index in [2.05, 4.69) is 40.6 Å². The Bertz CT molecular complexity index is 833. The molecule has 0 spiro atoms. The number of aromatic nitrogens is 2. The van der Waals surface area contributed by atoms with Crippen molar-refractivity contribution in [1.29, 1.82) is 5.26 Å². The van der Waals surface area contributed by atoms with Crippen LogP contribution in [0.15, 0.2) is 29.3 Å². The Morgan fingerprint density at radius 1 is 1.36 bits per heavy atom. The van der Waals surface area contributed by atoms with Crippen LogP contribution in [-0.4, -0.2) is 34.9 Å². The van der Waals surface area contributed by atoms with Crippen LogP contribution in [0.5, 0.6) is 0 Å². The third-order valence-electron chi connectivity index (χ3n) is 4.36. The van der Waals surface area contributed by atoms with Crippen molar-refractivity contribution in [2.24, 2.45) is 4.99 Å². The average Bonchev–Trinajstić information content (AvgIpc) is 3.01. The summed E-state index contributed by atoms with van der Waals surface area (Å²) in [5.41, 5.74) is 7.68. The highest BCUT2D eigenvalue weighted by Crippen LogP contribution is 2.21. The Balaban J connectivity index is 2.07. The summed E-state index contributed by atoms with van der Waals surface area (Å²) >= 11 is 0. The maximum absolute atomic E-state index is 13.1. The van der Waals surface area contributed by atoms with Gasteiger partial charge in [-0.25, -0.2) is 9.07 Å². The molecule has 1 aromatic heterocycles. The van der Waals surface area contributed by atoms with E-state index in [0.717, 1.165) is 25.3 Å². The zero-order valence-electron chi connectivity index (χ0n) is 16.7. The first-order chi connectivity index (χ1) is 13.5. The molecule has 1 aromatic carbocycles. The van der Waals surface area contributed by atoms with Crippen LogP contribution < -0.4 is 16.4 Å². The molecule has 1 atom stereocenters. The summed E-state index contributed by atoms with van der Waals surface area (Å²) in [6.45, 7) is 7.64. The quantitative estimate of drug-likeness (QED) is 0.368. The molecule has 7 nitrogen and oxygen atoms in total. The van der Waals surface area contributed by atoms with E-state index in [9.17, 15) is 9.65 Å². The topological polar surface area (TPSA) is 104 Å². The number of nitrogen functional groups attached to an aromatic ring is 1. The molecule has 1 heterocycles. The Labute approximate surface area is 165 Å². The van der Waals surface area contributed by atoms with Gasteiger partial charge in [0.1, 0.15) is 23.3 Å². The van der Waals surface area contributed by atoms with Gasteiger partial charge in [-0.3, -0.25) is 4.99 Å². The van der Waals surface area contributed by atoms with Gasteiger partial charge in [0, 0.05) is 19.1 Å². The number of aryl methyl sites for hydroxylation is 1. The van der Waals surface area contributed by atoms with E-state index in [-0.39, 0.29) is 11.6 Å². The number of anilines is 1. The lowest BCUT2D eigenvalue weighted by molar-refractivity contribution is 0.623. The highest BCUT2D eigenvalue weighted by Gasteiger charge is 2.16. The molecule has 0 aliphatic carbocycles. The second kappa shape index (κ2) is 10.3. The molecule has 2 aromatic rings. The molecule has 0 radical (unpaired) electrons. The zero-order valence-corrected chi connectivity index (χ0v) is 16.7. The number of guanidine groups is 1. The van der Waals surface area contributed by atoms with Crippen molar-refractivity contribution in [3.05, 3.63) is 41.3 Å². The normalized spacial score (nSPS) is 12.5. The summed E-state index contributed by atoms with van der Waals surface area (Å²) in [6, 6.07) is 8.30. The molecular formula is C20H28FN7. The van der Waals surface area contributed by atoms with E-state index in [1.807, 2.05) is 6.92 Å². The fraction of sp³-hybridized carbons (Fsp3) is 0.450. The number of hydrogen-bond acceptors (Lipinski definition) is 4. The molecule has 0 amide bonds. The van der Waals surface area contributed by atoms with Gasteiger partial charge in [-0.2, -0.15) is 10.4 Å². The summed E-state index contributed by atoms with van der Waals surface area (Å²) in [6.07, 6.45) is 2.31. The number of nitrogens with two attached hydrogens (primary N) is 1. The number of rotatable bonds is 8. The Morgan fingerprint density at radius 3 is 2.68 bits per heavy atom. The lowest BCUT2D eigenvalue weighted by Crippen LogP contribution is -2.42. The molecule has 8 heteroatoms. The first-order valence-electron chi connectivity index (χ1n) is 9.58. The summed E-state index contributed by atoms with van der Waals surface area (Å²) in [7, 11) is 0. The van der Waals surface area contributed by atoms with Gasteiger partial charge in [-0.1, -0.05) is 6.92 Å². The monoisotopic (exact) mass is 385 g/mol. The summed E-state index contributed by atoms with van der Waals surface area (Å²) in [4.78, 5) is 4.57. The van der Waals surface area contributed by atoms with Crippen LogP contribution >= 0.6 is 0 Å². The van der Waals surface area contributed by atoms with E-state index < -0.39 is 0 Å². The van der Waals surface area contributed by atoms with Crippen LogP contribution in [0.25, 0.3) is 5.69 Å². The van der Waals surface area contributed by atoms with Crippen molar-refractivity contribution in [2.75, 3.05) is 18.8 Å². The smallest absolute Gasteiger partial charge is 0.191 e. The number of aliphatic imine (C=N–C) groups is 1. The molecule has 2 rings (SSSR count). The molecule has 0 saturated heterocycles. The van der Waals surface area contributed by atoms with Crippen LogP contribution in [0, 0.1) is 17.1 Å². The minimum Gasteiger partial charge on any atom is -0.382 e. The standard InChI is InChI=1S/C20H28FN7/c1-4-14(3)26-20(24-5-2)25-12-6-7-18-17(13-22)19(23)28(27-18)16-10-8-15(21)9-11-16/h8-11,14H,4-7,12,23H2,1-3H3,(H2,24,25,26). The summed E-state index contributed by atoms with van der Waals surface area (Å²) in [5, 5.41) is 20.5. The van der Waals surface area contributed by atoms with Gasteiger partial charge < -0.3 is 16.4 Å². The number of benzene rings is 1. The third-order valence-corrected chi connectivity index (χ3v) is 4.36. The number of nitriles is 1. The third kappa shape index (κ3) is 5.46. The van der Waals surface area contributed by atoms with Gasteiger partial charge in [0.15, 0.2) is 5.96 Å². The van der Waals surface area contributed by atoms with Crippen molar-refractivity contribution >= 4 is 11.8 Å². The minimum atomic E-state index is -0.337. The maximum Gasteiger partial charge on any atom is 0.191 e. The van der Waals surface area contributed by atoms with Crippen molar-refractivity contribution in [3.63, 3.8) is 0 Å². The van der Waals surface area contributed by atoms with Crippen LogP contribution in [0.2, 0.25) is 0 Å². The maximum atomic E-state index is 13.1. The highest BCUT2D eigenvalue weighted by molar-refractivity contribution is 5.80. The van der Waals surface area contributed by atoms with Crippen molar-refractivity contribution in [3.8, 4) is 11.8 Å². The van der Waals surface area contributed by atoms with Gasteiger partial charge in [-0.15, -0.1) is 0 Å². The molecule has 28 heavy (non-hydrogen) atoms. The average molecular weight is 385 g/mol. The molecule has 0 fully saturated rings. The van der Waals surface area contributed by atoms with Crippen molar-refractivity contribution in [1.82, 2.24) is 20.4 Å². The SMILES string of the molecule is CCNC(=NCCCc1nn(-c2ccc(F)cc2)c(N)c1C#N)NC(C)CC. The van der Waals surface area contributed by atoms with Crippen LogP contribution in [0.3, 0.4) is 0 Å². The number of hydrogen-bond donors (Lipinski definition) is 3. The predicted molar refractivity (Wildman–Crippen MR) is 110 cm³/mol. The van der Waals surface area contributed by atoms with Gasteiger partial charge in [0.2, 0.25) is 0 Å². The highest BCUT2D eigenvalue weighted by atomic mass is 19.1. The Hall–Kier alpha value is -3.08. The first-order valence-corrected chi connectivity index (χ1v) is 9.58. The summed E-state index contributed by atoms with van der Waals surface area (Å²) in [5.74, 6) is 0.712. The molecule has 4 N–H and O–H groups in total. The second-order valence-corrected chi connectivity index (χ2v) is 6.52. The van der Waals surface area contributed by atoms with E-state index in [4.69, 9.17) is 5.73 Å². The molecule has 0 aliphatic rings. The number of nitrogens with zero attached hydrogens (tertiary/aromatic N) is 4. The lowest BCUT2D eigenvalue weighted by atomic mass is 10.1. The molecule has 0 aliphatic heterocycles. The fourth-order valence-electron chi connectivity index (χ4n) is 2.65. The van der Waals surface area contributed by atoms with E-state index in [0.29, 0.717) is 36.0 Å². The van der Waals surface area contributed by atoms with Crippen LogP contribution in [0.4, 0.5) is 10.2 Å². The van der Waals surface area contributed by atoms with E-state index >= 15 is 0 Å². The second-order valence-electron chi connectivity index (χ2n) is 6.52. The van der Waals surface area contributed by atoms with Gasteiger partial charge in [0.05, 0.1) is 11.4 Å². The van der Waals surface area contributed by atoms with Gasteiger partial charge >= 0.3 is 0 Å². The number of halogens is 1. The fourth-order valence-corrected chi connectivity index (χ4v) is 2.65. The minimum absolute atomic E-state index is 0.263. The van der Waals surface area contributed by atoms with E-state index in [1.165, 1.54) is 16.8 Å². The Morgan fingerprint density at radius 2 is 2.07 bits per heavy atom. The van der Waals surface area contributed by atoms with Gasteiger partial charge in [-0.05, 0) is 57.4 Å². The molecule has 0 saturated carbocycles. The largest absolute Gasteiger partial charge is 0.382 e. The zero-order chi connectivity index (χ0) is 20.5.